The van der Waals surface area contributed by atoms with E-state index in [1.807, 2.05) is 30.3 Å². The highest BCUT2D eigenvalue weighted by molar-refractivity contribution is 6.02. The van der Waals surface area contributed by atoms with Crippen LogP contribution in [0.4, 0.5) is 0 Å². The zero-order valence-corrected chi connectivity index (χ0v) is 10.7. The van der Waals surface area contributed by atoms with E-state index in [2.05, 4.69) is 0 Å². The molecule has 0 amide bonds. The first-order valence-corrected chi connectivity index (χ1v) is 6.41. The number of benzene rings is 2. The fourth-order valence-electron chi connectivity index (χ4n) is 2.48. The van der Waals surface area contributed by atoms with Gasteiger partial charge < -0.3 is 14.9 Å². The maximum atomic E-state index is 12.3. The van der Waals surface area contributed by atoms with Crippen molar-refractivity contribution in [1.82, 2.24) is 0 Å². The molecule has 4 nitrogen and oxygen atoms in total. The normalized spacial score (nSPS) is 17.4. The van der Waals surface area contributed by atoms with E-state index >= 15 is 0 Å². The Kier molecular flexibility index (Phi) is 3.16. The first-order valence-electron chi connectivity index (χ1n) is 6.41. The van der Waals surface area contributed by atoms with Gasteiger partial charge in [-0.25, -0.2) is 0 Å². The number of aromatic hydroxyl groups is 1. The molecule has 0 bridgehead atoms. The zero-order chi connectivity index (χ0) is 14.1. The van der Waals surface area contributed by atoms with Gasteiger partial charge in [0.25, 0.3) is 0 Å². The van der Waals surface area contributed by atoms with Crippen molar-refractivity contribution in [3.8, 4) is 11.5 Å². The number of phenols is 1. The summed E-state index contributed by atoms with van der Waals surface area (Å²) < 4.78 is 5.78. The number of aliphatic hydroxyl groups excluding tert-OH is 1. The molecule has 20 heavy (non-hydrogen) atoms. The molecule has 0 saturated heterocycles. The average molecular weight is 270 g/mol. The minimum Gasteiger partial charge on any atom is -0.504 e. The smallest absolute Gasteiger partial charge is 0.173 e. The van der Waals surface area contributed by atoms with Crippen molar-refractivity contribution in [3.05, 3.63) is 59.2 Å². The van der Waals surface area contributed by atoms with Gasteiger partial charge in [-0.15, -0.1) is 0 Å². The standard InChI is InChI=1S/C16H14O4/c17-9-11-6-7-12(18)16-15(11)13(19)8-14(20-16)10-4-2-1-3-5-10/h1-7,14,17-18H,8-9H2. The minimum atomic E-state index is -0.406. The molecule has 3 rings (SSSR count). The van der Waals surface area contributed by atoms with Crippen molar-refractivity contribution in [3.63, 3.8) is 0 Å². The predicted molar refractivity (Wildman–Crippen MR) is 72.8 cm³/mol. The van der Waals surface area contributed by atoms with Crippen LogP contribution < -0.4 is 4.74 Å². The number of ketones is 1. The van der Waals surface area contributed by atoms with Crippen LogP contribution in [0.15, 0.2) is 42.5 Å². The maximum absolute atomic E-state index is 12.3. The lowest BCUT2D eigenvalue weighted by atomic mass is 9.93. The molecule has 2 aromatic carbocycles. The fraction of sp³-hybridized carbons (Fsp3) is 0.188. The van der Waals surface area contributed by atoms with Crippen LogP contribution in [0.2, 0.25) is 0 Å². The van der Waals surface area contributed by atoms with Crippen molar-refractivity contribution >= 4 is 5.78 Å². The van der Waals surface area contributed by atoms with E-state index in [0.717, 1.165) is 5.56 Å². The molecule has 0 aliphatic carbocycles. The number of carbonyl (C=O) groups excluding carboxylic acids is 1. The predicted octanol–water partition coefficient (Wildman–Crippen LogP) is 2.59. The number of hydrogen-bond acceptors (Lipinski definition) is 4. The molecule has 0 aromatic heterocycles. The largest absolute Gasteiger partial charge is 0.504 e. The number of carbonyl (C=O) groups is 1. The van der Waals surface area contributed by atoms with Gasteiger partial charge in [-0.2, -0.15) is 0 Å². The quantitative estimate of drug-likeness (QED) is 0.880. The van der Waals surface area contributed by atoms with Crippen molar-refractivity contribution in [1.29, 1.82) is 0 Å². The zero-order valence-electron chi connectivity index (χ0n) is 10.7. The summed E-state index contributed by atoms with van der Waals surface area (Å²) in [5.74, 6) is -0.0344. The maximum Gasteiger partial charge on any atom is 0.173 e. The summed E-state index contributed by atoms with van der Waals surface area (Å²) in [4.78, 5) is 12.3. The molecule has 102 valence electrons. The second-order valence-electron chi connectivity index (χ2n) is 4.75. The monoisotopic (exact) mass is 270 g/mol. The third-order valence-electron chi connectivity index (χ3n) is 3.47. The number of aliphatic hydroxyl groups is 1. The number of Topliss-reactive ketones (excluding diaryl/α,β-unsaturated/α-hetero) is 1. The van der Waals surface area contributed by atoms with Crippen molar-refractivity contribution in [2.45, 2.75) is 19.1 Å². The van der Waals surface area contributed by atoms with Crippen LogP contribution in [-0.2, 0) is 6.61 Å². The molecule has 1 heterocycles. The number of phenolic OH excluding ortho intramolecular Hbond substituents is 1. The van der Waals surface area contributed by atoms with Crippen molar-refractivity contribution in [2.75, 3.05) is 0 Å². The summed E-state index contributed by atoms with van der Waals surface area (Å²) in [6.45, 7) is -0.256. The summed E-state index contributed by atoms with van der Waals surface area (Å²) >= 11 is 0. The van der Waals surface area contributed by atoms with E-state index in [0.29, 0.717) is 11.1 Å². The summed E-state index contributed by atoms with van der Waals surface area (Å²) in [6.07, 6.45) is -0.205. The Morgan fingerprint density at radius 2 is 1.90 bits per heavy atom. The van der Waals surface area contributed by atoms with Gasteiger partial charge in [0, 0.05) is 0 Å². The highest BCUT2D eigenvalue weighted by Crippen LogP contribution is 2.42. The van der Waals surface area contributed by atoms with Gasteiger partial charge in [0.05, 0.1) is 18.6 Å². The lowest BCUT2D eigenvalue weighted by molar-refractivity contribution is 0.0837. The Morgan fingerprint density at radius 1 is 1.15 bits per heavy atom. The molecule has 0 saturated carbocycles. The Bertz CT molecular complexity index is 649. The number of rotatable bonds is 2. The Balaban J connectivity index is 2.05. The van der Waals surface area contributed by atoms with E-state index in [9.17, 15) is 15.0 Å². The summed E-state index contributed by atoms with van der Waals surface area (Å²) in [5, 5.41) is 19.2. The average Bonchev–Trinajstić information content (AvgIpc) is 2.49. The second kappa shape index (κ2) is 4.98. The van der Waals surface area contributed by atoms with Crippen molar-refractivity contribution in [2.24, 2.45) is 0 Å². The van der Waals surface area contributed by atoms with Crippen LogP contribution in [0.25, 0.3) is 0 Å². The van der Waals surface area contributed by atoms with E-state index in [1.54, 1.807) is 0 Å². The lowest BCUT2D eigenvalue weighted by Crippen LogP contribution is -2.22. The van der Waals surface area contributed by atoms with Gasteiger partial charge >= 0.3 is 0 Å². The van der Waals surface area contributed by atoms with E-state index in [1.165, 1.54) is 12.1 Å². The van der Waals surface area contributed by atoms with Crippen LogP contribution in [0.5, 0.6) is 11.5 Å². The molecule has 1 aliphatic heterocycles. The van der Waals surface area contributed by atoms with E-state index in [4.69, 9.17) is 4.74 Å². The van der Waals surface area contributed by atoms with Crippen LogP contribution in [-0.4, -0.2) is 16.0 Å². The topological polar surface area (TPSA) is 66.8 Å². The Morgan fingerprint density at radius 3 is 2.60 bits per heavy atom. The number of hydrogen-bond donors (Lipinski definition) is 2. The third-order valence-corrected chi connectivity index (χ3v) is 3.47. The molecule has 0 radical (unpaired) electrons. The molecule has 1 atom stereocenters. The van der Waals surface area contributed by atoms with Gasteiger partial charge in [0.15, 0.2) is 17.3 Å². The minimum absolute atomic E-state index is 0.0776. The van der Waals surface area contributed by atoms with Crippen LogP contribution in [0, 0.1) is 0 Å². The van der Waals surface area contributed by atoms with Gasteiger partial charge in [0.2, 0.25) is 0 Å². The fourth-order valence-corrected chi connectivity index (χ4v) is 2.48. The number of ether oxygens (including phenoxy) is 1. The highest BCUT2D eigenvalue weighted by atomic mass is 16.5. The Hall–Kier alpha value is -2.33. The first-order chi connectivity index (χ1) is 9.70. The molecule has 0 fully saturated rings. The van der Waals surface area contributed by atoms with E-state index < -0.39 is 6.10 Å². The molecule has 1 unspecified atom stereocenters. The van der Waals surface area contributed by atoms with Crippen LogP contribution in [0.3, 0.4) is 0 Å². The van der Waals surface area contributed by atoms with Gasteiger partial charge in [-0.1, -0.05) is 36.4 Å². The van der Waals surface area contributed by atoms with Crippen LogP contribution in [0.1, 0.15) is 34.0 Å². The van der Waals surface area contributed by atoms with Gasteiger partial charge in [0.1, 0.15) is 6.10 Å². The van der Waals surface area contributed by atoms with Crippen LogP contribution >= 0.6 is 0 Å². The highest BCUT2D eigenvalue weighted by Gasteiger charge is 2.31. The molecule has 2 N–H and O–H groups in total. The molecular weight excluding hydrogens is 256 g/mol. The van der Waals surface area contributed by atoms with E-state index in [-0.39, 0.29) is 30.3 Å². The molecule has 4 heteroatoms. The summed E-state index contributed by atoms with van der Waals surface area (Å²) in [7, 11) is 0. The molecule has 2 aromatic rings. The molecular formula is C16H14O4. The first kappa shape index (κ1) is 12.7. The van der Waals surface area contributed by atoms with Gasteiger partial charge in [-0.3, -0.25) is 4.79 Å². The van der Waals surface area contributed by atoms with Crippen molar-refractivity contribution < 1.29 is 19.7 Å². The lowest BCUT2D eigenvalue weighted by Gasteiger charge is -2.27. The summed E-state index contributed by atoms with van der Waals surface area (Å²) in [5.41, 5.74) is 1.66. The summed E-state index contributed by atoms with van der Waals surface area (Å²) in [6, 6.07) is 12.4. The SMILES string of the molecule is O=C1CC(c2ccccc2)Oc2c(O)ccc(CO)c21. The Labute approximate surface area is 116 Å². The second-order valence-corrected chi connectivity index (χ2v) is 4.75. The number of fused-ring (bicyclic) bond motifs is 1. The molecule has 1 aliphatic rings. The third kappa shape index (κ3) is 2.04. The van der Waals surface area contributed by atoms with Gasteiger partial charge in [-0.05, 0) is 17.2 Å². The molecule has 0 spiro atoms.